The highest BCUT2D eigenvalue weighted by Crippen LogP contribution is 2.49. The van der Waals surface area contributed by atoms with Crippen molar-refractivity contribution < 1.29 is 38.4 Å². The number of carbonyl (C=O) groups excluding carboxylic acids is 1. The van der Waals surface area contributed by atoms with Gasteiger partial charge >= 0.3 is 5.97 Å². The molecule has 2 aromatic rings. The molecule has 4 rings (SSSR count). The van der Waals surface area contributed by atoms with Crippen molar-refractivity contribution >= 4 is 11.9 Å². The zero-order chi connectivity index (χ0) is 27.2. The van der Waals surface area contributed by atoms with E-state index in [1.54, 1.807) is 37.3 Å². The summed E-state index contributed by atoms with van der Waals surface area (Å²) in [7, 11) is 4.85. The van der Waals surface area contributed by atoms with Crippen LogP contribution in [0.1, 0.15) is 42.9 Å². The highest BCUT2D eigenvalue weighted by Gasteiger charge is 2.49. The van der Waals surface area contributed by atoms with E-state index in [0.29, 0.717) is 41.7 Å². The molecule has 1 saturated heterocycles. The molecule has 0 aromatic heterocycles. The van der Waals surface area contributed by atoms with Gasteiger partial charge in [0, 0.05) is 44.8 Å². The molecule has 3 unspecified atom stereocenters. The maximum Gasteiger partial charge on any atom is 0.309 e. The van der Waals surface area contributed by atoms with E-state index in [-0.39, 0.29) is 26.0 Å². The monoisotopic (exact) mass is 528 g/mol. The van der Waals surface area contributed by atoms with Crippen LogP contribution in [-0.4, -0.2) is 81.3 Å². The molecule has 2 heterocycles. The van der Waals surface area contributed by atoms with Crippen LogP contribution in [0.3, 0.4) is 0 Å². The Bertz CT molecular complexity index is 1140. The third-order valence-corrected chi connectivity index (χ3v) is 7.19. The number of carbonyl (C=O) groups is 2. The van der Waals surface area contributed by atoms with Gasteiger partial charge in [-0.15, -0.1) is 0 Å². The molecule has 38 heavy (non-hydrogen) atoms. The van der Waals surface area contributed by atoms with Gasteiger partial charge in [0.2, 0.25) is 12.7 Å². The second-order valence-electron chi connectivity index (χ2n) is 9.58. The molecular formula is C28H36N2O8. The Hall–Kier alpha value is -3.50. The number of carboxylic acids is 1. The van der Waals surface area contributed by atoms with Gasteiger partial charge in [-0.25, -0.2) is 0 Å². The van der Waals surface area contributed by atoms with Crippen LogP contribution >= 0.6 is 0 Å². The van der Waals surface area contributed by atoms with Gasteiger partial charge in [0.05, 0.1) is 25.6 Å². The van der Waals surface area contributed by atoms with Gasteiger partial charge in [-0.05, 0) is 30.2 Å². The number of hydrogen-bond acceptors (Lipinski definition) is 8. The zero-order valence-corrected chi connectivity index (χ0v) is 22.3. The molecule has 0 spiro atoms. The summed E-state index contributed by atoms with van der Waals surface area (Å²) in [6.07, 6.45) is 1.88. The summed E-state index contributed by atoms with van der Waals surface area (Å²) in [5.74, 6) is -0.0481. The van der Waals surface area contributed by atoms with Crippen LogP contribution in [0.15, 0.2) is 36.4 Å². The van der Waals surface area contributed by atoms with Gasteiger partial charge < -0.3 is 33.7 Å². The minimum absolute atomic E-state index is 0.0189. The Labute approximate surface area is 223 Å². The Balaban J connectivity index is 1.76. The first-order valence-corrected chi connectivity index (χ1v) is 12.8. The summed E-state index contributed by atoms with van der Waals surface area (Å²) in [5.41, 5.74) is 1.47. The van der Waals surface area contributed by atoms with Gasteiger partial charge in [0.25, 0.3) is 0 Å². The number of aliphatic carboxylic acids is 1. The molecule has 2 aliphatic heterocycles. The normalized spacial score (nSPS) is 20.4. The number of methoxy groups -OCH3 is 2. The van der Waals surface area contributed by atoms with E-state index < -0.39 is 23.8 Å². The molecule has 206 valence electrons. The molecule has 0 radical (unpaired) electrons. The average Bonchev–Trinajstić information content (AvgIpc) is 3.54. The number of benzene rings is 2. The lowest BCUT2D eigenvalue weighted by Crippen LogP contribution is -2.39. The van der Waals surface area contributed by atoms with E-state index in [4.69, 9.17) is 23.7 Å². The number of likely N-dealkylation sites (N-methyl/N-ethyl adjacent to an activating group) is 1. The van der Waals surface area contributed by atoms with E-state index in [1.807, 2.05) is 23.1 Å². The minimum Gasteiger partial charge on any atom is -0.497 e. The van der Waals surface area contributed by atoms with Crippen molar-refractivity contribution in [2.24, 2.45) is 5.92 Å². The summed E-state index contributed by atoms with van der Waals surface area (Å²) in [4.78, 5) is 29.8. The molecule has 2 aliphatic rings. The molecule has 10 nitrogen and oxygen atoms in total. The maximum absolute atomic E-state index is 13.2. The standard InChI is InChI=1S/C28H36N2O8/c1-5-6-11-29(2)25(31)15-30-14-21(18-7-10-22-24(12-18)38-17-37-22)26(28(32)33)27(30)20-9-8-19(35-4)13-23(20)36-16-34-3/h7-10,12-13,21,26-27H,5-6,11,14-17H2,1-4H3,(H,32,33). The first-order chi connectivity index (χ1) is 18.4. The number of ether oxygens (including phenoxy) is 5. The Morgan fingerprint density at radius 3 is 2.63 bits per heavy atom. The van der Waals surface area contributed by atoms with Crippen molar-refractivity contribution in [3.8, 4) is 23.0 Å². The SMILES string of the molecule is CCCCN(C)C(=O)CN1CC(c2ccc3c(c2)OCO3)C(C(=O)O)C1c1ccc(OC)cc1OCOC. The predicted octanol–water partition coefficient (Wildman–Crippen LogP) is 3.51. The molecule has 0 saturated carbocycles. The Morgan fingerprint density at radius 2 is 1.92 bits per heavy atom. The number of hydrogen-bond donors (Lipinski definition) is 1. The fourth-order valence-electron chi connectivity index (χ4n) is 5.19. The van der Waals surface area contributed by atoms with Crippen molar-refractivity contribution in [3.05, 3.63) is 47.5 Å². The Kier molecular flexibility index (Phi) is 8.96. The zero-order valence-electron chi connectivity index (χ0n) is 22.3. The summed E-state index contributed by atoms with van der Waals surface area (Å²) in [6.45, 7) is 3.27. The quantitative estimate of drug-likeness (QED) is 0.414. The van der Waals surface area contributed by atoms with Crippen molar-refractivity contribution in [3.63, 3.8) is 0 Å². The fraction of sp³-hybridized carbons (Fsp3) is 0.500. The smallest absolute Gasteiger partial charge is 0.309 e. The molecule has 1 N–H and O–H groups in total. The number of carboxylic acid groups (broad SMARTS) is 1. The highest BCUT2D eigenvalue weighted by molar-refractivity contribution is 5.79. The van der Waals surface area contributed by atoms with Gasteiger partial charge in [0.15, 0.2) is 18.3 Å². The van der Waals surface area contributed by atoms with Crippen LogP contribution in [0, 0.1) is 5.92 Å². The van der Waals surface area contributed by atoms with E-state index in [0.717, 1.165) is 18.4 Å². The van der Waals surface area contributed by atoms with Crippen LogP contribution in [0.25, 0.3) is 0 Å². The summed E-state index contributed by atoms with van der Waals surface area (Å²) in [5, 5.41) is 10.5. The summed E-state index contributed by atoms with van der Waals surface area (Å²) in [6, 6.07) is 10.2. The first-order valence-electron chi connectivity index (χ1n) is 12.8. The molecule has 1 amide bonds. The second kappa shape index (κ2) is 12.4. The van der Waals surface area contributed by atoms with Crippen molar-refractivity contribution in [2.45, 2.75) is 31.7 Å². The number of amides is 1. The molecular weight excluding hydrogens is 492 g/mol. The average molecular weight is 529 g/mol. The van der Waals surface area contributed by atoms with Crippen LogP contribution in [0.4, 0.5) is 0 Å². The number of likely N-dealkylation sites (tertiary alicyclic amines) is 1. The topological polar surface area (TPSA) is 107 Å². The lowest BCUT2D eigenvalue weighted by atomic mass is 9.82. The maximum atomic E-state index is 13.2. The summed E-state index contributed by atoms with van der Waals surface area (Å²) >= 11 is 0. The second-order valence-corrected chi connectivity index (χ2v) is 9.58. The fourth-order valence-corrected chi connectivity index (χ4v) is 5.19. The number of rotatable bonds is 12. The first kappa shape index (κ1) is 27.5. The number of nitrogens with zero attached hydrogens (tertiary/aromatic N) is 2. The third kappa shape index (κ3) is 5.81. The van der Waals surface area contributed by atoms with E-state index in [2.05, 4.69) is 6.92 Å². The van der Waals surface area contributed by atoms with Crippen LogP contribution < -0.4 is 18.9 Å². The molecule has 10 heteroatoms. The predicted molar refractivity (Wildman–Crippen MR) is 139 cm³/mol. The molecule has 3 atom stereocenters. The summed E-state index contributed by atoms with van der Waals surface area (Å²) < 4.78 is 27.4. The number of fused-ring (bicyclic) bond motifs is 1. The van der Waals surface area contributed by atoms with Crippen LogP contribution in [0.5, 0.6) is 23.0 Å². The van der Waals surface area contributed by atoms with Crippen LogP contribution in [0.2, 0.25) is 0 Å². The molecule has 0 aliphatic carbocycles. The lowest BCUT2D eigenvalue weighted by molar-refractivity contribution is -0.143. The van der Waals surface area contributed by atoms with Crippen molar-refractivity contribution in [1.29, 1.82) is 0 Å². The largest absolute Gasteiger partial charge is 0.497 e. The highest BCUT2D eigenvalue weighted by atomic mass is 16.7. The van der Waals surface area contributed by atoms with Gasteiger partial charge in [0.1, 0.15) is 11.5 Å². The van der Waals surface area contributed by atoms with Gasteiger partial charge in [-0.1, -0.05) is 25.5 Å². The van der Waals surface area contributed by atoms with Crippen molar-refractivity contribution in [2.75, 3.05) is 54.5 Å². The van der Waals surface area contributed by atoms with E-state index in [1.165, 1.54) is 7.11 Å². The molecule has 0 bridgehead atoms. The lowest BCUT2D eigenvalue weighted by Gasteiger charge is -2.30. The molecule has 2 aromatic carbocycles. The minimum atomic E-state index is -0.958. The van der Waals surface area contributed by atoms with Gasteiger partial charge in [-0.2, -0.15) is 0 Å². The van der Waals surface area contributed by atoms with E-state index in [9.17, 15) is 14.7 Å². The Morgan fingerprint density at radius 1 is 1.13 bits per heavy atom. The van der Waals surface area contributed by atoms with Crippen molar-refractivity contribution in [1.82, 2.24) is 9.80 Å². The van der Waals surface area contributed by atoms with Gasteiger partial charge in [-0.3, -0.25) is 14.5 Å². The molecule has 1 fully saturated rings. The van der Waals surface area contributed by atoms with E-state index >= 15 is 0 Å². The third-order valence-electron chi connectivity index (χ3n) is 7.19. The number of unbranched alkanes of at least 4 members (excludes halogenated alkanes) is 1. The van der Waals surface area contributed by atoms with Crippen LogP contribution in [-0.2, 0) is 14.3 Å².